The van der Waals surface area contributed by atoms with Gasteiger partial charge in [-0.25, -0.2) is 9.97 Å². The van der Waals surface area contributed by atoms with Crippen LogP contribution in [0.4, 0.5) is 5.82 Å². The number of nitrogens with zero attached hydrogens (tertiary/aromatic N) is 4. The third kappa shape index (κ3) is 4.41. The van der Waals surface area contributed by atoms with Crippen molar-refractivity contribution in [2.45, 2.75) is 32.2 Å². The second kappa shape index (κ2) is 8.88. The molecule has 1 atom stereocenters. The molecule has 1 aliphatic heterocycles. The van der Waals surface area contributed by atoms with Crippen LogP contribution in [-0.2, 0) is 11.2 Å². The molecule has 1 aliphatic rings. The van der Waals surface area contributed by atoms with Gasteiger partial charge in [0.25, 0.3) is 0 Å². The van der Waals surface area contributed by atoms with Gasteiger partial charge in [0.05, 0.1) is 5.39 Å². The molecule has 1 unspecified atom stereocenters. The minimum absolute atomic E-state index is 0.212. The lowest BCUT2D eigenvalue weighted by molar-refractivity contribution is -0.118. The first-order valence-corrected chi connectivity index (χ1v) is 11.0. The summed E-state index contributed by atoms with van der Waals surface area (Å²) in [6.45, 7) is 5.84. The first-order valence-electron chi connectivity index (χ1n) is 10.2. The highest BCUT2D eigenvalue weighted by Gasteiger charge is 2.26. The molecule has 1 aromatic carbocycles. The molecule has 0 aliphatic carbocycles. The van der Waals surface area contributed by atoms with E-state index >= 15 is 0 Å². The fourth-order valence-corrected chi connectivity index (χ4v) is 5.01. The Balaban J connectivity index is 1.50. The van der Waals surface area contributed by atoms with Crippen molar-refractivity contribution in [3.05, 3.63) is 53.2 Å². The van der Waals surface area contributed by atoms with Gasteiger partial charge in [-0.3, -0.25) is 9.69 Å². The molecule has 6 nitrogen and oxygen atoms in total. The highest BCUT2D eigenvalue weighted by molar-refractivity contribution is 7.18. The minimum atomic E-state index is -0.239. The molecule has 1 amide bonds. The van der Waals surface area contributed by atoms with Gasteiger partial charge in [-0.2, -0.15) is 0 Å². The second-order valence-corrected chi connectivity index (χ2v) is 8.55. The third-order valence-corrected chi connectivity index (χ3v) is 6.80. The molecule has 29 heavy (non-hydrogen) atoms. The molecule has 2 aromatic heterocycles. The Kier molecular flexibility index (Phi) is 6.06. The first-order chi connectivity index (χ1) is 14.2. The maximum absolute atomic E-state index is 11.4. The fraction of sp³-hybridized carbons (Fsp3) is 0.409. The molecule has 0 saturated carbocycles. The predicted molar refractivity (Wildman–Crippen MR) is 118 cm³/mol. The van der Waals surface area contributed by atoms with Crippen molar-refractivity contribution in [3.63, 3.8) is 0 Å². The van der Waals surface area contributed by atoms with E-state index in [1.54, 1.807) is 17.7 Å². The van der Waals surface area contributed by atoms with Gasteiger partial charge < -0.3 is 10.6 Å². The summed E-state index contributed by atoms with van der Waals surface area (Å²) in [6, 6.07) is 12.9. The van der Waals surface area contributed by atoms with Crippen molar-refractivity contribution in [2.24, 2.45) is 5.73 Å². The van der Waals surface area contributed by atoms with Gasteiger partial charge in [0.2, 0.25) is 5.91 Å². The smallest absolute Gasteiger partial charge is 0.217 e. The summed E-state index contributed by atoms with van der Waals surface area (Å²) < 4.78 is 0. The predicted octanol–water partition coefficient (Wildman–Crippen LogP) is 3.38. The summed E-state index contributed by atoms with van der Waals surface area (Å²) in [5.74, 6) is 0.802. The van der Waals surface area contributed by atoms with Crippen LogP contribution >= 0.6 is 11.3 Å². The van der Waals surface area contributed by atoms with Crippen LogP contribution in [0.15, 0.2) is 42.7 Å². The highest BCUT2D eigenvalue weighted by Crippen LogP contribution is 2.32. The number of primary amides is 1. The van der Waals surface area contributed by atoms with Gasteiger partial charge in [0.1, 0.15) is 17.0 Å². The quantitative estimate of drug-likeness (QED) is 0.647. The van der Waals surface area contributed by atoms with Crippen molar-refractivity contribution in [3.8, 4) is 0 Å². The summed E-state index contributed by atoms with van der Waals surface area (Å²) >= 11 is 1.76. The van der Waals surface area contributed by atoms with E-state index in [0.29, 0.717) is 6.42 Å². The van der Waals surface area contributed by atoms with Crippen molar-refractivity contribution in [1.82, 2.24) is 14.9 Å². The summed E-state index contributed by atoms with van der Waals surface area (Å²) in [5.41, 5.74) is 6.68. The Bertz CT molecular complexity index is 966. The normalized spacial score (nSPS) is 16.2. The number of nitrogens with two attached hydrogens (primary N) is 1. The molecule has 7 heteroatoms. The van der Waals surface area contributed by atoms with E-state index in [4.69, 9.17) is 5.73 Å². The number of piperazine rings is 1. The van der Waals surface area contributed by atoms with E-state index in [0.717, 1.165) is 55.1 Å². The zero-order valence-electron chi connectivity index (χ0n) is 16.8. The SMILES string of the molecule is CCc1cc2c(N3CCN(C(CCC(N)=O)c4ccccc4)CC3)ncnc2s1. The van der Waals surface area contributed by atoms with Gasteiger partial charge in [0, 0.05) is 43.5 Å². The van der Waals surface area contributed by atoms with E-state index in [-0.39, 0.29) is 11.9 Å². The highest BCUT2D eigenvalue weighted by atomic mass is 32.1. The number of hydrogen-bond donors (Lipinski definition) is 1. The molecule has 0 spiro atoms. The molecule has 152 valence electrons. The van der Waals surface area contributed by atoms with Crippen molar-refractivity contribution >= 4 is 33.3 Å². The van der Waals surface area contributed by atoms with E-state index in [2.05, 4.69) is 57.0 Å². The molecular weight excluding hydrogens is 382 g/mol. The standard InChI is InChI=1S/C22H27N5OS/c1-2-17-14-18-21(24-15-25-22(18)29-17)27-12-10-26(11-13-27)19(8-9-20(23)28)16-6-4-3-5-7-16/h3-7,14-15,19H,2,8-13H2,1H3,(H2,23,28). The molecule has 0 bridgehead atoms. The molecule has 1 saturated heterocycles. The van der Waals surface area contributed by atoms with E-state index in [1.165, 1.54) is 10.4 Å². The van der Waals surface area contributed by atoms with Gasteiger partial charge in [0.15, 0.2) is 0 Å². The number of fused-ring (bicyclic) bond motifs is 1. The maximum Gasteiger partial charge on any atom is 0.217 e. The number of amides is 1. The monoisotopic (exact) mass is 409 g/mol. The van der Waals surface area contributed by atoms with Gasteiger partial charge in [-0.15, -0.1) is 11.3 Å². The van der Waals surface area contributed by atoms with Crippen LogP contribution in [0.25, 0.3) is 10.2 Å². The lowest BCUT2D eigenvalue weighted by atomic mass is 9.99. The van der Waals surface area contributed by atoms with Gasteiger partial charge in [-0.05, 0) is 24.5 Å². The molecule has 1 fully saturated rings. The van der Waals surface area contributed by atoms with Crippen molar-refractivity contribution in [1.29, 1.82) is 0 Å². The Morgan fingerprint density at radius 2 is 1.93 bits per heavy atom. The van der Waals surface area contributed by atoms with E-state index in [1.807, 2.05) is 6.07 Å². The van der Waals surface area contributed by atoms with Crippen LogP contribution < -0.4 is 10.6 Å². The molecule has 4 rings (SSSR count). The Morgan fingerprint density at radius 3 is 2.62 bits per heavy atom. The summed E-state index contributed by atoms with van der Waals surface area (Å²) in [6.07, 6.45) is 3.86. The van der Waals surface area contributed by atoms with Crippen LogP contribution in [0.2, 0.25) is 0 Å². The summed E-state index contributed by atoms with van der Waals surface area (Å²) in [7, 11) is 0. The summed E-state index contributed by atoms with van der Waals surface area (Å²) in [4.78, 5) is 27.7. The van der Waals surface area contributed by atoms with Gasteiger partial charge in [-0.1, -0.05) is 37.3 Å². The molecule has 3 heterocycles. The van der Waals surface area contributed by atoms with Crippen molar-refractivity contribution in [2.75, 3.05) is 31.1 Å². The molecule has 3 aromatic rings. The van der Waals surface area contributed by atoms with E-state index in [9.17, 15) is 4.79 Å². The average Bonchev–Trinajstić information content (AvgIpc) is 3.18. The Labute approximate surface area is 175 Å². The van der Waals surface area contributed by atoms with Crippen LogP contribution in [-0.4, -0.2) is 47.0 Å². The topological polar surface area (TPSA) is 75.3 Å². The van der Waals surface area contributed by atoms with Crippen LogP contribution in [0.3, 0.4) is 0 Å². The maximum atomic E-state index is 11.4. The Morgan fingerprint density at radius 1 is 1.17 bits per heavy atom. The number of carbonyl (C=O) groups excluding carboxylic acids is 1. The van der Waals surface area contributed by atoms with Crippen LogP contribution in [0.5, 0.6) is 0 Å². The van der Waals surface area contributed by atoms with Crippen LogP contribution in [0, 0.1) is 0 Å². The first kappa shape index (κ1) is 19.8. The van der Waals surface area contributed by atoms with E-state index < -0.39 is 0 Å². The van der Waals surface area contributed by atoms with Crippen molar-refractivity contribution < 1.29 is 4.79 Å². The molecule has 2 N–H and O–H groups in total. The number of thiophene rings is 1. The third-order valence-electron chi connectivity index (χ3n) is 5.61. The van der Waals surface area contributed by atoms with Crippen LogP contribution in [0.1, 0.15) is 36.2 Å². The molecule has 0 radical (unpaired) electrons. The largest absolute Gasteiger partial charge is 0.370 e. The number of hydrogen-bond acceptors (Lipinski definition) is 6. The minimum Gasteiger partial charge on any atom is -0.370 e. The molecular formula is C22H27N5OS. The lowest BCUT2D eigenvalue weighted by Gasteiger charge is -2.40. The zero-order valence-corrected chi connectivity index (χ0v) is 17.6. The number of benzene rings is 1. The fourth-order valence-electron chi connectivity index (χ4n) is 4.08. The number of carbonyl (C=O) groups is 1. The van der Waals surface area contributed by atoms with Gasteiger partial charge >= 0.3 is 0 Å². The summed E-state index contributed by atoms with van der Waals surface area (Å²) in [5, 5.41) is 1.16. The lowest BCUT2D eigenvalue weighted by Crippen LogP contribution is -2.48. The zero-order chi connectivity index (χ0) is 20.2. The second-order valence-electron chi connectivity index (χ2n) is 7.44. The number of rotatable bonds is 7. The number of aromatic nitrogens is 2. The average molecular weight is 410 g/mol. The number of aryl methyl sites for hydroxylation is 1. The Hall–Kier alpha value is -2.51. The number of anilines is 1.